The molecule has 112 valence electrons. The van der Waals surface area contributed by atoms with E-state index in [9.17, 15) is 9.59 Å². The van der Waals surface area contributed by atoms with E-state index in [0.717, 1.165) is 0 Å². The van der Waals surface area contributed by atoms with Crippen molar-refractivity contribution in [2.45, 2.75) is 0 Å². The molecular weight excluding hydrogens is 298 g/mol. The molecule has 0 fully saturated rings. The molecule has 0 aliphatic rings. The maximum atomic E-state index is 12.5. The van der Waals surface area contributed by atoms with Crippen molar-refractivity contribution in [2.75, 3.05) is 26.8 Å². The molecule has 0 bridgehead atoms. The zero-order chi connectivity index (χ0) is 15.2. The van der Waals surface area contributed by atoms with Crippen molar-refractivity contribution in [3.05, 3.63) is 22.7 Å². The normalized spacial score (nSPS) is 10.5. The second-order valence-electron chi connectivity index (χ2n) is 4.00. The first kappa shape index (κ1) is 15.1. The van der Waals surface area contributed by atoms with E-state index in [1.54, 1.807) is 11.4 Å². The minimum Gasteiger partial charge on any atom is -0.480 e. The molecule has 0 aromatic carbocycles. The highest BCUT2D eigenvalue weighted by molar-refractivity contribution is 7.12. The molecule has 2 heterocycles. The number of carboxylic acid groups (broad SMARTS) is 1. The van der Waals surface area contributed by atoms with Gasteiger partial charge in [0, 0.05) is 13.7 Å². The number of aliphatic carboxylic acids is 1. The first-order valence-electron chi connectivity index (χ1n) is 5.94. The molecule has 2 aromatic rings. The number of aromatic nitrogens is 4. The smallest absolute Gasteiger partial charge is 0.323 e. The molecule has 2 aromatic heterocycles. The number of nitrogens with zero attached hydrogens (tertiary/aromatic N) is 5. The van der Waals surface area contributed by atoms with Crippen molar-refractivity contribution < 1.29 is 19.4 Å². The number of hydrogen-bond acceptors (Lipinski definition) is 7. The lowest BCUT2D eigenvalue weighted by atomic mass is 10.3. The Morgan fingerprint density at radius 1 is 1.52 bits per heavy atom. The van der Waals surface area contributed by atoms with Gasteiger partial charge in [-0.15, -0.1) is 16.4 Å². The van der Waals surface area contributed by atoms with E-state index in [2.05, 4.69) is 15.5 Å². The summed E-state index contributed by atoms with van der Waals surface area (Å²) in [7, 11) is 1.49. The van der Waals surface area contributed by atoms with Gasteiger partial charge in [-0.25, -0.2) is 0 Å². The van der Waals surface area contributed by atoms with Crippen molar-refractivity contribution in [2.24, 2.45) is 0 Å². The van der Waals surface area contributed by atoms with E-state index in [4.69, 9.17) is 9.84 Å². The average molecular weight is 311 g/mol. The summed E-state index contributed by atoms with van der Waals surface area (Å²) in [5.41, 5.74) is 0.516. The molecule has 0 aliphatic heterocycles. The number of carbonyl (C=O) groups excluding carboxylic acids is 1. The van der Waals surface area contributed by atoms with Gasteiger partial charge in [0.05, 0.1) is 12.3 Å². The Kier molecular flexibility index (Phi) is 4.95. The van der Waals surface area contributed by atoms with E-state index in [1.165, 1.54) is 34.4 Å². The minimum atomic E-state index is -1.08. The molecule has 10 heteroatoms. The van der Waals surface area contributed by atoms with Gasteiger partial charge in [0.2, 0.25) is 0 Å². The molecule has 21 heavy (non-hydrogen) atoms. The van der Waals surface area contributed by atoms with E-state index in [1.807, 2.05) is 0 Å². The van der Waals surface area contributed by atoms with Crippen LogP contribution in [0.2, 0.25) is 0 Å². The summed E-state index contributed by atoms with van der Waals surface area (Å²) >= 11 is 1.20. The number of thiophene rings is 1. The summed E-state index contributed by atoms with van der Waals surface area (Å²) in [4.78, 5) is 25.0. The van der Waals surface area contributed by atoms with E-state index in [-0.39, 0.29) is 13.2 Å². The van der Waals surface area contributed by atoms with Gasteiger partial charge >= 0.3 is 5.97 Å². The first-order valence-corrected chi connectivity index (χ1v) is 6.82. The zero-order valence-corrected chi connectivity index (χ0v) is 12.0. The van der Waals surface area contributed by atoms with Gasteiger partial charge in [0.1, 0.15) is 17.7 Å². The Hall–Kier alpha value is -2.33. The van der Waals surface area contributed by atoms with Crippen LogP contribution in [0.15, 0.2) is 17.8 Å². The van der Waals surface area contributed by atoms with Gasteiger partial charge in [-0.1, -0.05) is 0 Å². The number of ether oxygens (including phenoxy) is 1. The molecule has 0 radical (unpaired) electrons. The molecule has 0 saturated carbocycles. The van der Waals surface area contributed by atoms with E-state index >= 15 is 0 Å². The van der Waals surface area contributed by atoms with E-state index in [0.29, 0.717) is 10.6 Å². The van der Waals surface area contributed by atoms with Gasteiger partial charge in [-0.2, -0.15) is 4.68 Å². The van der Waals surface area contributed by atoms with Crippen LogP contribution in [0.25, 0.3) is 5.69 Å². The molecule has 9 nitrogen and oxygen atoms in total. The van der Waals surface area contributed by atoms with Crippen molar-refractivity contribution in [3.8, 4) is 5.69 Å². The number of hydrogen-bond donors (Lipinski definition) is 1. The molecule has 0 atom stereocenters. The molecule has 0 unspecified atom stereocenters. The molecule has 0 saturated heterocycles. The summed E-state index contributed by atoms with van der Waals surface area (Å²) in [6.07, 6.45) is 1.37. The number of tetrazole rings is 1. The third kappa shape index (κ3) is 3.61. The molecular formula is C11H13N5O4S. The minimum absolute atomic E-state index is 0.189. The van der Waals surface area contributed by atoms with Crippen molar-refractivity contribution in [3.63, 3.8) is 0 Å². The first-order chi connectivity index (χ1) is 10.1. The Bertz CT molecular complexity index is 612. The Morgan fingerprint density at radius 3 is 2.95 bits per heavy atom. The van der Waals surface area contributed by atoms with Crippen LogP contribution in [0.1, 0.15) is 9.67 Å². The van der Waals surface area contributed by atoms with Gasteiger partial charge in [0.15, 0.2) is 0 Å². The number of rotatable bonds is 7. The SMILES string of the molecule is COCCN(CC(=O)O)C(=O)c1sccc1-n1cnnn1. The van der Waals surface area contributed by atoms with Crippen LogP contribution >= 0.6 is 11.3 Å². The maximum Gasteiger partial charge on any atom is 0.323 e. The van der Waals surface area contributed by atoms with Crippen LogP contribution in [0.4, 0.5) is 0 Å². The van der Waals surface area contributed by atoms with Crippen LogP contribution in [-0.4, -0.2) is 68.9 Å². The average Bonchev–Trinajstić information content (AvgIpc) is 3.11. The fourth-order valence-corrected chi connectivity index (χ4v) is 2.52. The number of methoxy groups -OCH3 is 1. The largest absolute Gasteiger partial charge is 0.480 e. The Balaban J connectivity index is 2.24. The molecule has 1 N–H and O–H groups in total. The summed E-state index contributed by atoms with van der Waals surface area (Å²) in [5, 5.41) is 21.4. The molecule has 0 spiro atoms. The lowest BCUT2D eigenvalue weighted by Gasteiger charge is -2.20. The number of amides is 1. The van der Waals surface area contributed by atoms with Crippen LogP contribution in [0.5, 0.6) is 0 Å². The molecule has 2 rings (SSSR count). The van der Waals surface area contributed by atoms with Crippen LogP contribution in [-0.2, 0) is 9.53 Å². The Labute approximate surface area is 123 Å². The fraction of sp³-hybridized carbons (Fsp3) is 0.364. The van der Waals surface area contributed by atoms with Gasteiger partial charge in [-0.05, 0) is 21.9 Å². The standard InChI is InChI=1S/C11H13N5O4S/c1-20-4-3-15(6-9(17)18)11(19)10-8(2-5-21-10)16-7-12-13-14-16/h2,5,7H,3-4,6H2,1H3,(H,17,18). The third-order valence-corrected chi connectivity index (χ3v) is 3.50. The summed E-state index contributed by atoms with van der Waals surface area (Å²) in [6.45, 7) is 0.0499. The topological polar surface area (TPSA) is 110 Å². The number of carboxylic acids is 1. The van der Waals surface area contributed by atoms with Gasteiger partial charge in [-0.3, -0.25) is 9.59 Å². The van der Waals surface area contributed by atoms with Crippen molar-refractivity contribution in [1.29, 1.82) is 0 Å². The summed E-state index contributed by atoms with van der Waals surface area (Å²) < 4.78 is 6.26. The van der Waals surface area contributed by atoms with Crippen LogP contribution < -0.4 is 0 Å². The predicted octanol–water partition coefficient (Wildman–Crippen LogP) is -0.103. The van der Waals surface area contributed by atoms with Crippen molar-refractivity contribution in [1.82, 2.24) is 25.1 Å². The van der Waals surface area contributed by atoms with Gasteiger partial charge < -0.3 is 14.7 Å². The molecule has 0 aliphatic carbocycles. The van der Waals surface area contributed by atoms with Crippen molar-refractivity contribution >= 4 is 23.2 Å². The monoisotopic (exact) mass is 311 g/mol. The number of carbonyl (C=O) groups is 2. The third-order valence-electron chi connectivity index (χ3n) is 2.61. The fourth-order valence-electron chi connectivity index (χ4n) is 1.68. The second kappa shape index (κ2) is 6.90. The predicted molar refractivity (Wildman–Crippen MR) is 72.4 cm³/mol. The zero-order valence-electron chi connectivity index (χ0n) is 11.2. The molecule has 1 amide bonds. The van der Waals surface area contributed by atoms with Gasteiger partial charge in [0.25, 0.3) is 5.91 Å². The highest BCUT2D eigenvalue weighted by atomic mass is 32.1. The van der Waals surface area contributed by atoms with Crippen LogP contribution in [0, 0.1) is 0 Å². The van der Waals surface area contributed by atoms with Crippen LogP contribution in [0.3, 0.4) is 0 Å². The summed E-state index contributed by atoms with van der Waals surface area (Å²) in [5.74, 6) is -1.48. The lowest BCUT2D eigenvalue weighted by Crippen LogP contribution is -2.38. The van der Waals surface area contributed by atoms with E-state index < -0.39 is 18.4 Å². The lowest BCUT2D eigenvalue weighted by molar-refractivity contribution is -0.137. The Morgan fingerprint density at radius 2 is 2.33 bits per heavy atom. The second-order valence-corrected chi connectivity index (χ2v) is 4.92. The summed E-state index contributed by atoms with van der Waals surface area (Å²) in [6, 6.07) is 1.70. The highest BCUT2D eigenvalue weighted by Gasteiger charge is 2.23. The maximum absolute atomic E-state index is 12.5. The quantitative estimate of drug-likeness (QED) is 0.760. The highest BCUT2D eigenvalue weighted by Crippen LogP contribution is 2.21.